The summed E-state index contributed by atoms with van der Waals surface area (Å²) in [6, 6.07) is 8.56. The first kappa shape index (κ1) is 18.9. The fourth-order valence-corrected chi connectivity index (χ4v) is 4.16. The van der Waals surface area contributed by atoms with Crippen molar-refractivity contribution < 1.29 is 13.2 Å². The molecule has 24 heavy (non-hydrogen) atoms. The van der Waals surface area contributed by atoms with Crippen molar-refractivity contribution >= 4 is 15.9 Å². The highest BCUT2D eigenvalue weighted by molar-refractivity contribution is 7.89. The second-order valence-corrected chi connectivity index (χ2v) is 7.95. The molecule has 1 N–H and O–H groups in total. The summed E-state index contributed by atoms with van der Waals surface area (Å²) < 4.78 is 26.6. The van der Waals surface area contributed by atoms with Crippen LogP contribution in [0.1, 0.15) is 26.2 Å². The smallest absolute Gasteiger partial charge is 0.243 e. The van der Waals surface area contributed by atoms with Crippen molar-refractivity contribution in [3.63, 3.8) is 0 Å². The fourth-order valence-electron chi connectivity index (χ4n) is 2.71. The van der Waals surface area contributed by atoms with E-state index in [4.69, 9.17) is 0 Å². The van der Waals surface area contributed by atoms with Gasteiger partial charge in [-0.2, -0.15) is 4.31 Å². The molecule has 1 amide bonds. The Morgan fingerprint density at radius 2 is 1.79 bits per heavy atom. The Balaban J connectivity index is 1.75. The topological polar surface area (TPSA) is 69.7 Å². The van der Waals surface area contributed by atoms with Crippen LogP contribution in [0, 0.1) is 0 Å². The normalized spacial score (nSPS) is 16.9. The van der Waals surface area contributed by atoms with Crippen LogP contribution in [0.15, 0.2) is 35.2 Å². The molecule has 0 aromatic heterocycles. The lowest BCUT2D eigenvalue weighted by atomic mass is 10.2. The van der Waals surface area contributed by atoms with Gasteiger partial charge < -0.3 is 5.32 Å². The zero-order valence-corrected chi connectivity index (χ0v) is 15.1. The van der Waals surface area contributed by atoms with Gasteiger partial charge in [0.15, 0.2) is 0 Å². The average molecular weight is 353 g/mol. The number of carbonyl (C=O) groups excluding carboxylic acids is 1. The van der Waals surface area contributed by atoms with Crippen LogP contribution in [0.3, 0.4) is 0 Å². The van der Waals surface area contributed by atoms with Gasteiger partial charge in [-0.05, 0) is 18.6 Å². The third-order valence-corrected chi connectivity index (χ3v) is 6.13. The van der Waals surface area contributed by atoms with Crippen molar-refractivity contribution in [3.8, 4) is 0 Å². The summed E-state index contributed by atoms with van der Waals surface area (Å²) in [5, 5.41) is 2.92. The summed E-state index contributed by atoms with van der Waals surface area (Å²) in [5.74, 6) is 0.0992. The van der Waals surface area contributed by atoms with Gasteiger partial charge in [0.1, 0.15) is 0 Å². The van der Waals surface area contributed by atoms with Gasteiger partial charge in [-0.25, -0.2) is 8.42 Å². The molecule has 2 rings (SSSR count). The number of hydrogen-bond acceptors (Lipinski definition) is 4. The minimum Gasteiger partial charge on any atom is -0.355 e. The van der Waals surface area contributed by atoms with Gasteiger partial charge in [-0.3, -0.25) is 9.69 Å². The maximum Gasteiger partial charge on any atom is 0.243 e. The second kappa shape index (κ2) is 9.15. The predicted molar refractivity (Wildman–Crippen MR) is 94.2 cm³/mol. The number of nitrogens with one attached hydrogen (secondary N) is 1. The Kier molecular flexibility index (Phi) is 7.20. The molecule has 134 valence electrons. The molecule has 1 aliphatic heterocycles. The number of hydrogen-bond donors (Lipinski definition) is 1. The largest absolute Gasteiger partial charge is 0.355 e. The number of sulfonamides is 1. The maximum absolute atomic E-state index is 12.5. The van der Waals surface area contributed by atoms with E-state index in [-0.39, 0.29) is 5.91 Å². The lowest BCUT2D eigenvalue weighted by Gasteiger charge is -2.33. The lowest BCUT2D eigenvalue weighted by Crippen LogP contribution is -2.50. The molecule has 1 aromatic carbocycles. The average Bonchev–Trinajstić information content (AvgIpc) is 2.61. The van der Waals surface area contributed by atoms with Crippen LogP contribution in [0.4, 0.5) is 0 Å². The van der Waals surface area contributed by atoms with Crippen molar-refractivity contribution in [2.24, 2.45) is 0 Å². The minimum absolute atomic E-state index is 0.0992. The number of unbranched alkanes of at least 4 members (excludes halogenated alkanes) is 1. The molecule has 1 saturated heterocycles. The van der Waals surface area contributed by atoms with Crippen LogP contribution in [0.25, 0.3) is 0 Å². The van der Waals surface area contributed by atoms with E-state index in [0.29, 0.717) is 44.0 Å². The maximum atomic E-state index is 12.5. The summed E-state index contributed by atoms with van der Waals surface area (Å²) in [4.78, 5) is 14.1. The van der Waals surface area contributed by atoms with E-state index in [2.05, 4.69) is 17.1 Å². The highest BCUT2D eigenvalue weighted by Crippen LogP contribution is 2.16. The molecule has 1 fully saturated rings. The van der Waals surface area contributed by atoms with Gasteiger partial charge in [-0.1, -0.05) is 31.5 Å². The molecule has 1 aromatic rings. The van der Waals surface area contributed by atoms with E-state index in [1.807, 2.05) is 6.07 Å². The van der Waals surface area contributed by atoms with Gasteiger partial charge in [0.2, 0.25) is 15.9 Å². The van der Waals surface area contributed by atoms with Crippen LogP contribution in [0.5, 0.6) is 0 Å². The molecule has 0 saturated carbocycles. The van der Waals surface area contributed by atoms with Gasteiger partial charge in [0.05, 0.1) is 4.90 Å². The Morgan fingerprint density at radius 1 is 1.12 bits per heavy atom. The Bertz CT molecular complexity index is 611. The first-order valence-corrected chi connectivity index (χ1v) is 10.0. The van der Waals surface area contributed by atoms with E-state index in [9.17, 15) is 13.2 Å². The molecule has 0 spiro atoms. The standard InChI is InChI=1S/C17H27N3O3S/c1-2-3-9-17(21)18-10-11-19-12-14-20(15-13-19)24(22,23)16-7-5-4-6-8-16/h4-8H,2-3,9-15H2,1H3,(H,18,21). The number of piperazine rings is 1. The monoisotopic (exact) mass is 353 g/mol. The van der Waals surface area contributed by atoms with Gasteiger partial charge in [-0.15, -0.1) is 0 Å². The van der Waals surface area contributed by atoms with Crippen molar-refractivity contribution in [1.82, 2.24) is 14.5 Å². The molecule has 1 aliphatic rings. The summed E-state index contributed by atoms with van der Waals surface area (Å²) >= 11 is 0. The first-order chi connectivity index (χ1) is 11.5. The van der Waals surface area contributed by atoms with Crippen LogP contribution in [-0.4, -0.2) is 62.8 Å². The number of benzene rings is 1. The molecule has 0 radical (unpaired) electrons. The number of amides is 1. The first-order valence-electron chi connectivity index (χ1n) is 8.58. The summed E-state index contributed by atoms with van der Waals surface area (Å²) in [6.07, 6.45) is 2.52. The molecular weight excluding hydrogens is 326 g/mol. The van der Waals surface area contributed by atoms with Crippen LogP contribution >= 0.6 is 0 Å². The molecule has 0 bridgehead atoms. The van der Waals surface area contributed by atoms with Crippen molar-refractivity contribution in [3.05, 3.63) is 30.3 Å². The van der Waals surface area contributed by atoms with E-state index in [0.717, 1.165) is 19.4 Å². The van der Waals surface area contributed by atoms with E-state index >= 15 is 0 Å². The molecule has 7 heteroatoms. The van der Waals surface area contributed by atoms with Gasteiger partial charge in [0, 0.05) is 45.7 Å². The van der Waals surface area contributed by atoms with Crippen LogP contribution < -0.4 is 5.32 Å². The van der Waals surface area contributed by atoms with Crippen molar-refractivity contribution in [1.29, 1.82) is 0 Å². The SMILES string of the molecule is CCCCC(=O)NCCN1CCN(S(=O)(=O)c2ccccc2)CC1. The number of nitrogens with zero attached hydrogens (tertiary/aromatic N) is 2. The van der Waals surface area contributed by atoms with Crippen LogP contribution in [0.2, 0.25) is 0 Å². The minimum atomic E-state index is -3.39. The summed E-state index contributed by atoms with van der Waals surface area (Å²) in [7, 11) is -3.39. The molecule has 0 unspecified atom stereocenters. The highest BCUT2D eigenvalue weighted by atomic mass is 32.2. The van der Waals surface area contributed by atoms with Crippen molar-refractivity contribution in [2.45, 2.75) is 31.1 Å². The highest BCUT2D eigenvalue weighted by Gasteiger charge is 2.27. The fraction of sp³-hybridized carbons (Fsp3) is 0.588. The number of carbonyl (C=O) groups is 1. The lowest BCUT2D eigenvalue weighted by molar-refractivity contribution is -0.121. The summed E-state index contributed by atoms with van der Waals surface area (Å²) in [6.45, 7) is 5.80. The third-order valence-electron chi connectivity index (χ3n) is 4.22. The molecular formula is C17H27N3O3S. The predicted octanol–water partition coefficient (Wildman–Crippen LogP) is 1.30. The number of rotatable bonds is 8. The second-order valence-electron chi connectivity index (χ2n) is 6.01. The zero-order valence-electron chi connectivity index (χ0n) is 14.3. The van der Waals surface area contributed by atoms with Crippen LogP contribution in [-0.2, 0) is 14.8 Å². The third kappa shape index (κ3) is 5.29. The Labute approximate surface area is 144 Å². The molecule has 6 nitrogen and oxygen atoms in total. The Morgan fingerprint density at radius 3 is 2.42 bits per heavy atom. The van der Waals surface area contributed by atoms with Gasteiger partial charge >= 0.3 is 0 Å². The molecule has 0 atom stereocenters. The van der Waals surface area contributed by atoms with E-state index in [1.54, 1.807) is 28.6 Å². The zero-order chi connectivity index (χ0) is 17.4. The van der Waals surface area contributed by atoms with Gasteiger partial charge in [0.25, 0.3) is 0 Å². The molecule has 0 aliphatic carbocycles. The molecule has 1 heterocycles. The quantitative estimate of drug-likeness (QED) is 0.765. The Hall–Kier alpha value is -1.44. The van der Waals surface area contributed by atoms with Crippen molar-refractivity contribution in [2.75, 3.05) is 39.3 Å². The summed E-state index contributed by atoms with van der Waals surface area (Å²) in [5.41, 5.74) is 0. The van der Waals surface area contributed by atoms with E-state index in [1.165, 1.54) is 0 Å². The van der Waals surface area contributed by atoms with E-state index < -0.39 is 10.0 Å².